The summed E-state index contributed by atoms with van der Waals surface area (Å²) < 4.78 is 7.30. The Bertz CT molecular complexity index is 1010. The van der Waals surface area contributed by atoms with E-state index in [0.717, 1.165) is 5.56 Å². The third kappa shape index (κ3) is 3.34. The highest BCUT2D eigenvalue weighted by Crippen LogP contribution is 2.41. The first-order valence-corrected chi connectivity index (χ1v) is 9.84. The van der Waals surface area contributed by atoms with Gasteiger partial charge in [0.15, 0.2) is 0 Å². The molecule has 1 N–H and O–H groups in total. The van der Waals surface area contributed by atoms with Crippen LogP contribution in [0.2, 0.25) is 0 Å². The maximum Gasteiger partial charge on any atom is 0.269 e. The van der Waals surface area contributed by atoms with Gasteiger partial charge in [0.2, 0.25) is 10.8 Å². The van der Waals surface area contributed by atoms with Gasteiger partial charge in [0.1, 0.15) is 5.82 Å². The molecule has 0 amide bonds. The van der Waals surface area contributed by atoms with Gasteiger partial charge in [-0.2, -0.15) is 4.52 Å². The zero-order valence-corrected chi connectivity index (χ0v) is 16.6. The molecule has 1 fully saturated rings. The summed E-state index contributed by atoms with van der Waals surface area (Å²) in [7, 11) is 0. The predicted molar refractivity (Wildman–Crippen MR) is 104 cm³/mol. The van der Waals surface area contributed by atoms with Crippen LogP contribution in [0.15, 0.2) is 24.3 Å². The molecule has 0 saturated carbocycles. The van der Waals surface area contributed by atoms with Gasteiger partial charge in [-0.3, -0.25) is 15.0 Å². The van der Waals surface area contributed by atoms with Gasteiger partial charge in [-0.1, -0.05) is 23.5 Å². The molecule has 10 heteroatoms. The molecule has 148 valence electrons. The largest absolute Gasteiger partial charge is 0.492 e. The molecule has 0 spiro atoms. The number of fused-ring (bicyclic) bond motifs is 1. The lowest BCUT2D eigenvalue weighted by Crippen LogP contribution is -2.47. The molecule has 1 aliphatic heterocycles. The molecule has 2 aromatic heterocycles. The molecule has 0 bridgehead atoms. The molecule has 9 nitrogen and oxygen atoms in total. The first-order chi connectivity index (χ1) is 13.3. The van der Waals surface area contributed by atoms with Crippen LogP contribution in [0.4, 0.5) is 5.69 Å². The minimum Gasteiger partial charge on any atom is -0.492 e. The van der Waals surface area contributed by atoms with E-state index in [1.54, 1.807) is 19.1 Å². The molecule has 0 unspecified atom stereocenters. The Labute approximate surface area is 165 Å². The van der Waals surface area contributed by atoms with Gasteiger partial charge in [-0.25, -0.2) is 4.98 Å². The summed E-state index contributed by atoms with van der Waals surface area (Å²) in [6, 6.07) is 6.20. The molecular formula is C18H21N5O4S. The van der Waals surface area contributed by atoms with Crippen LogP contribution >= 0.6 is 11.3 Å². The van der Waals surface area contributed by atoms with Crippen molar-refractivity contribution >= 4 is 22.0 Å². The van der Waals surface area contributed by atoms with E-state index < -0.39 is 4.92 Å². The normalized spacial score (nSPS) is 21.8. The van der Waals surface area contributed by atoms with Crippen LogP contribution in [0, 0.1) is 17.0 Å². The summed E-state index contributed by atoms with van der Waals surface area (Å²) in [6.45, 7) is 7.16. The molecule has 28 heavy (non-hydrogen) atoms. The highest BCUT2D eigenvalue weighted by atomic mass is 32.1. The van der Waals surface area contributed by atoms with Gasteiger partial charge < -0.3 is 9.84 Å². The fourth-order valence-electron chi connectivity index (χ4n) is 3.76. The van der Waals surface area contributed by atoms with Crippen LogP contribution in [0.25, 0.3) is 4.96 Å². The van der Waals surface area contributed by atoms with E-state index in [9.17, 15) is 15.2 Å². The molecule has 1 saturated heterocycles. The zero-order valence-electron chi connectivity index (χ0n) is 15.8. The number of nitro groups is 1. The highest BCUT2D eigenvalue weighted by molar-refractivity contribution is 7.17. The number of thiazole rings is 1. The Kier molecular flexibility index (Phi) is 4.77. The first-order valence-electron chi connectivity index (χ1n) is 9.02. The lowest BCUT2D eigenvalue weighted by atomic mass is 10.0. The fourth-order valence-corrected chi connectivity index (χ4v) is 4.92. The fraction of sp³-hybridized carbons (Fsp3) is 0.444. The molecular weight excluding hydrogens is 382 g/mol. The second-order valence-corrected chi connectivity index (χ2v) is 8.11. The van der Waals surface area contributed by atoms with Gasteiger partial charge in [0.05, 0.1) is 28.1 Å². The Morgan fingerprint density at radius 2 is 1.93 bits per heavy atom. The van der Waals surface area contributed by atoms with Crippen LogP contribution in [0.5, 0.6) is 5.88 Å². The lowest BCUT2D eigenvalue weighted by Gasteiger charge is -2.40. The van der Waals surface area contributed by atoms with E-state index in [2.05, 4.69) is 15.0 Å². The average Bonchev–Trinajstić information content (AvgIpc) is 3.13. The molecule has 1 aliphatic rings. The highest BCUT2D eigenvalue weighted by Gasteiger charge is 2.34. The maximum atomic E-state index is 11.0. The Morgan fingerprint density at radius 1 is 1.29 bits per heavy atom. The van der Waals surface area contributed by atoms with Crippen LogP contribution < -0.4 is 0 Å². The molecule has 4 rings (SSSR count). The number of hydrogen-bond donors (Lipinski definition) is 1. The van der Waals surface area contributed by atoms with Crippen molar-refractivity contribution in [1.29, 1.82) is 0 Å². The lowest BCUT2D eigenvalue weighted by molar-refractivity contribution is -0.384. The van der Waals surface area contributed by atoms with E-state index in [-0.39, 0.29) is 29.8 Å². The topological polar surface area (TPSA) is 106 Å². The van der Waals surface area contributed by atoms with E-state index in [0.29, 0.717) is 28.8 Å². The minimum atomic E-state index is -0.416. The predicted octanol–water partition coefficient (Wildman–Crippen LogP) is 2.91. The second kappa shape index (κ2) is 7.12. The number of morpholine rings is 1. The van der Waals surface area contributed by atoms with E-state index in [1.807, 2.05) is 13.8 Å². The van der Waals surface area contributed by atoms with E-state index in [1.165, 1.54) is 28.0 Å². The maximum absolute atomic E-state index is 11.0. The van der Waals surface area contributed by atoms with Crippen LogP contribution in [0.1, 0.15) is 36.2 Å². The molecule has 3 atom stereocenters. The number of aryl methyl sites for hydroxylation is 1. The SMILES string of the molecule is Cc1nc2sc([C@@H](c3ccc([N+](=O)[O-])cc3)N3C[C@@H](C)O[C@@H](C)C3)c(O)n2n1. The monoisotopic (exact) mass is 403 g/mol. The van der Waals surface area contributed by atoms with Crippen molar-refractivity contribution in [3.8, 4) is 5.88 Å². The zero-order chi connectivity index (χ0) is 20.0. The summed E-state index contributed by atoms with van der Waals surface area (Å²) in [5, 5.41) is 26.1. The Morgan fingerprint density at radius 3 is 2.50 bits per heavy atom. The number of rotatable bonds is 4. The van der Waals surface area contributed by atoms with Crippen molar-refractivity contribution in [2.24, 2.45) is 0 Å². The number of nitro benzene ring substituents is 1. The van der Waals surface area contributed by atoms with Gasteiger partial charge in [-0.05, 0) is 26.3 Å². The summed E-state index contributed by atoms with van der Waals surface area (Å²) in [6.07, 6.45) is 0.0757. The number of aromatic hydroxyl groups is 1. The Hall–Kier alpha value is -2.56. The quantitative estimate of drug-likeness (QED) is 0.527. The smallest absolute Gasteiger partial charge is 0.269 e. The van der Waals surface area contributed by atoms with Gasteiger partial charge in [0, 0.05) is 25.2 Å². The first kappa shape index (κ1) is 18.8. The minimum absolute atomic E-state index is 0.0358. The molecule has 1 aromatic carbocycles. The van der Waals surface area contributed by atoms with Crippen LogP contribution in [-0.4, -0.2) is 54.8 Å². The van der Waals surface area contributed by atoms with Gasteiger partial charge >= 0.3 is 0 Å². The second-order valence-electron chi connectivity index (χ2n) is 7.11. The molecule has 0 radical (unpaired) electrons. The number of hydrogen-bond acceptors (Lipinski definition) is 8. The average molecular weight is 403 g/mol. The molecule has 0 aliphatic carbocycles. The van der Waals surface area contributed by atoms with E-state index >= 15 is 0 Å². The summed E-state index contributed by atoms with van der Waals surface area (Å²) in [4.78, 5) is 18.5. The molecule has 3 aromatic rings. The number of aromatic nitrogens is 3. The van der Waals surface area contributed by atoms with Gasteiger partial charge in [0.25, 0.3) is 5.69 Å². The van der Waals surface area contributed by atoms with Crippen LogP contribution in [-0.2, 0) is 4.74 Å². The number of nitrogens with zero attached hydrogens (tertiary/aromatic N) is 5. The van der Waals surface area contributed by atoms with Crippen molar-refractivity contribution in [1.82, 2.24) is 19.5 Å². The standard InChI is InChI=1S/C18H21N5O4S/c1-10-8-21(9-11(2)27-10)15(13-4-6-14(7-5-13)23(25)26)16-17(24)22-18(28-16)19-12(3)20-22/h4-7,10-11,15,24H,8-9H2,1-3H3/t10-,11+,15-/m1/s1. The van der Waals surface area contributed by atoms with Crippen molar-refractivity contribution in [2.75, 3.05) is 13.1 Å². The third-order valence-corrected chi connectivity index (χ3v) is 5.86. The van der Waals surface area contributed by atoms with Crippen LogP contribution in [0.3, 0.4) is 0 Å². The van der Waals surface area contributed by atoms with Crippen molar-refractivity contribution in [2.45, 2.75) is 39.0 Å². The third-order valence-electron chi connectivity index (χ3n) is 4.79. The molecule has 3 heterocycles. The summed E-state index contributed by atoms with van der Waals surface area (Å²) in [5.41, 5.74) is 0.900. The number of non-ortho nitro benzene ring substituents is 1. The number of ether oxygens (including phenoxy) is 1. The van der Waals surface area contributed by atoms with E-state index in [4.69, 9.17) is 4.74 Å². The van der Waals surface area contributed by atoms with Crippen molar-refractivity contribution in [3.63, 3.8) is 0 Å². The van der Waals surface area contributed by atoms with Crippen molar-refractivity contribution in [3.05, 3.63) is 50.6 Å². The summed E-state index contributed by atoms with van der Waals surface area (Å²) in [5.74, 6) is 0.643. The number of benzene rings is 1. The van der Waals surface area contributed by atoms with Gasteiger partial charge in [-0.15, -0.1) is 5.10 Å². The Balaban J connectivity index is 1.81. The van der Waals surface area contributed by atoms with Crippen molar-refractivity contribution < 1.29 is 14.8 Å². The summed E-state index contributed by atoms with van der Waals surface area (Å²) >= 11 is 1.38.